The minimum Gasteiger partial charge on any atom is -0.478 e. The number of carbonyl (C=O) groups is 1. The molecule has 2 N–H and O–H groups in total. The quantitative estimate of drug-likeness (QED) is 0.779. The summed E-state index contributed by atoms with van der Waals surface area (Å²) < 4.78 is 26.4. The van der Waals surface area contributed by atoms with Gasteiger partial charge in [0.2, 0.25) is 10.0 Å². The summed E-state index contributed by atoms with van der Waals surface area (Å²) in [7, 11) is -1.62. The number of likely N-dealkylation sites (N-methyl/N-ethyl adjacent to an activating group) is 1. The molecule has 0 atom stereocenters. The Labute approximate surface area is 116 Å². The van der Waals surface area contributed by atoms with E-state index >= 15 is 0 Å². The van der Waals surface area contributed by atoms with Crippen LogP contribution in [0.25, 0.3) is 0 Å². The maximum Gasteiger partial charge on any atom is 0.336 e. The Kier molecular flexibility index (Phi) is 4.24. The molecule has 1 aliphatic rings. The van der Waals surface area contributed by atoms with Crippen LogP contribution in [0.1, 0.15) is 23.2 Å². The summed E-state index contributed by atoms with van der Waals surface area (Å²) in [6.45, 7) is 0.983. The highest BCUT2D eigenvalue weighted by Crippen LogP contribution is 2.24. The molecule has 0 unspecified atom stereocenters. The Hall–Kier alpha value is -0.960. The number of sulfonamides is 1. The van der Waals surface area contributed by atoms with Gasteiger partial charge in [-0.05, 0) is 26.0 Å². The van der Waals surface area contributed by atoms with E-state index in [2.05, 4.69) is 9.62 Å². The summed E-state index contributed by atoms with van der Waals surface area (Å²) >= 11 is 0.917. The minimum absolute atomic E-state index is 0.000438. The van der Waals surface area contributed by atoms with Crippen LogP contribution in [-0.4, -0.2) is 50.6 Å². The smallest absolute Gasteiger partial charge is 0.336 e. The molecule has 0 spiro atoms. The van der Waals surface area contributed by atoms with E-state index in [9.17, 15) is 13.2 Å². The van der Waals surface area contributed by atoms with E-state index in [0.717, 1.165) is 11.3 Å². The van der Waals surface area contributed by atoms with Crippen LogP contribution < -0.4 is 4.72 Å². The summed E-state index contributed by atoms with van der Waals surface area (Å²) in [5, 5.41) is 10.1. The highest BCUT2D eigenvalue weighted by Gasteiger charge is 2.26. The number of aromatic carboxylic acids is 1. The standard InChI is InChI=1S/C11H16N2O4S2/c1-13(9-2-3-9)5-4-12-19(16,17)10-6-8(7-18-10)11(14)15/h6-7,9,12H,2-5H2,1H3,(H,14,15). The second-order valence-electron chi connectivity index (χ2n) is 4.57. The van der Waals surface area contributed by atoms with Crippen molar-refractivity contribution in [2.75, 3.05) is 20.1 Å². The van der Waals surface area contributed by atoms with E-state index < -0.39 is 16.0 Å². The van der Waals surface area contributed by atoms with Crippen LogP contribution in [0.15, 0.2) is 15.7 Å². The van der Waals surface area contributed by atoms with Crippen LogP contribution >= 0.6 is 11.3 Å². The number of nitrogens with one attached hydrogen (secondary N) is 1. The summed E-state index contributed by atoms with van der Waals surface area (Å²) in [6, 6.07) is 1.77. The Morgan fingerprint density at radius 2 is 2.26 bits per heavy atom. The zero-order chi connectivity index (χ0) is 14.0. The first-order chi connectivity index (χ1) is 8.90. The first-order valence-electron chi connectivity index (χ1n) is 5.92. The van der Waals surface area contributed by atoms with Gasteiger partial charge in [0, 0.05) is 24.5 Å². The third-order valence-electron chi connectivity index (χ3n) is 3.01. The van der Waals surface area contributed by atoms with E-state index in [1.165, 1.54) is 24.3 Å². The highest BCUT2D eigenvalue weighted by molar-refractivity contribution is 7.91. The molecule has 1 aromatic heterocycles. The van der Waals surface area contributed by atoms with Gasteiger partial charge in [0.15, 0.2) is 0 Å². The number of hydrogen-bond donors (Lipinski definition) is 2. The molecule has 6 nitrogen and oxygen atoms in total. The number of rotatable bonds is 7. The van der Waals surface area contributed by atoms with Gasteiger partial charge >= 0.3 is 5.97 Å². The lowest BCUT2D eigenvalue weighted by atomic mass is 10.4. The Morgan fingerprint density at radius 3 is 2.79 bits per heavy atom. The largest absolute Gasteiger partial charge is 0.478 e. The molecule has 1 fully saturated rings. The Bertz CT molecular complexity index is 563. The summed E-state index contributed by atoms with van der Waals surface area (Å²) in [5.74, 6) is -1.12. The van der Waals surface area contributed by atoms with Crippen LogP contribution in [0.5, 0.6) is 0 Å². The molecule has 0 radical (unpaired) electrons. The fourth-order valence-electron chi connectivity index (χ4n) is 1.70. The SMILES string of the molecule is CN(CCNS(=O)(=O)c1cc(C(=O)O)cs1)C1CC1. The maximum atomic E-state index is 11.9. The first-order valence-corrected chi connectivity index (χ1v) is 8.28. The van der Waals surface area contributed by atoms with Crippen molar-refractivity contribution in [3.63, 3.8) is 0 Å². The molecule has 0 amide bonds. The predicted octanol–water partition coefficient (Wildman–Crippen LogP) is 0.819. The monoisotopic (exact) mass is 304 g/mol. The Balaban J connectivity index is 1.91. The topological polar surface area (TPSA) is 86.7 Å². The predicted molar refractivity (Wildman–Crippen MR) is 72.1 cm³/mol. The number of carboxylic acids is 1. The Morgan fingerprint density at radius 1 is 1.58 bits per heavy atom. The molecule has 0 aromatic carbocycles. The molecule has 8 heteroatoms. The lowest BCUT2D eigenvalue weighted by molar-refractivity contribution is 0.0697. The van der Waals surface area contributed by atoms with Gasteiger partial charge in [-0.15, -0.1) is 11.3 Å². The fraction of sp³-hybridized carbons (Fsp3) is 0.545. The summed E-state index contributed by atoms with van der Waals surface area (Å²) in [4.78, 5) is 12.8. The molecule has 1 aliphatic carbocycles. The number of carboxylic acid groups (broad SMARTS) is 1. The lowest BCUT2D eigenvalue weighted by Crippen LogP contribution is -2.33. The molecule has 106 valence electrons. The molecule has 0 saturated heterocycles. The van der Waals surface area contributed by atoms with Crippen molar-refractivity contribution in [3.05, 3.63) is 17.0 Å². The third-order valence-corrected chi connectivity index (χ3v) is 5.91. The van der Waals surface area contributed by atoms with Crippen molar-refractivity contribution >= 4 is 27.3 Å². The molecule has 0 bridgehead atoms. The second-order valence-corrected chi connectivity index (χ2v) is 7.47. The number of nitrogens with zero attached hydrogens (tertiary/aromatic N) is 1. The molecule has 1 saturated carbocycles. The van der Waals surface area contributed by atoms with Crippen molar-refractivity contribution in [2.24, 2.45) is 0 Å². The number of thiophene rings is 1. The van der Waals surface area contributed by atoms with Crippen LogP contribution in [0.4, 0.5) is 0 Å². The van der Waals surface area contributed by atoms with E-state index in [4.69, 9.17) is 5.11 Å². The highest BCUT2D eigenvalue weighted by atomic mass is 32.2. The molecule has 1 aromatic rings. The zero-order valence-corrected chi connectivity index (χ0v) is 12.1. The average molecular weight is 304 g/mol. The van der Waals surface area contributed by atoms with Gasteiger partial charge in [-0.2, -0.15) is 0 Å². The minimum atomic E-state index is -3.60. The van der Waals surface area contributed by atoms with Crippen molar-refractivity contribution in [2.45, 2.75) is 23.1 Å². The van der Waals surface area contributed by atoms with Gasteiger partial charge in [0.25, 0.3) is 0 Å². The zero-order valence-electron chi connectivity index (χ0n) is 10.5. The van der Waals surface area contributed by atoms with Crippen molar-refractivity contribution in [1.82, 2.24) is 9.62 Å². The molecular weight excluding hydrogens is 288 g/mol. The van der Waals surface area contributed by atoms with Gasteiger partial charge in [-0.25, -0.2) is 17.9 Å². The van der Waals surface area contributed by atoms with Crippen LogP contribution in [0.3, 0.4) is 0 Å². The van der Waals surface area contributed by atoms with Gasteiger partial charge in [-0.3, -0.25) is 0 Å². The van der Waals surface area contributed by atoms with Gasteiger partial charge in [-0.1, -0.05) is 0 Å². The van der Waals surface area contributed by atoms with Crippen molar-refractivity contribution in [3.8, 4) is 0 Å². The summed E-state index contributed by atoms with van der Waals surface area (Å²) in [5.41, 5.74) is 0.000438. The summed E-state index contributed by atoms with van der Waals surface area (Å²) in [6.07, 6.45) is 2.35. The third kappa shape index (κ3) is 3.75. The van der Waals surface area contributed by atoms with Crippen LogP contribution in [0.2, 0.25) is 0 Å². The number of hydrogen-bond acceptors (Lipinski definition) is 5. The van der Waals surface area contributed by atoms with Crippen molar-refractivity contribution < 1.29 is 18.3 Å². The molecule has 19 heavy (non-hydrogen) atoms. The molecule has 2 rings (SSSR count). The van der Waals surface area contributed by atoms with E-state index in [1.54, 1.807) is 0 Å². The van der Waals surface area contributed by atoms with E-state index in [-0.39, 0.29) is 9.77 Å². The molecular formula is C11H16N2O4S2. The van der Waals surface area contributed by atoms with Crippen LogP contribution in [0, 0.1) is 0 Å². The van der Waals surface area contributed by atoms with Crippen LogP contribution in [-0.2, 0) is 10.0 Å². The maximum absolute atomic E-state index is 11.9. The molecule has 1 heterocycles. The normalized spacial score (nSPS) is 15.9. The van der Waals surface area contributed by atoms with Gasteiger partial charge in [0.1, 0.15) is 4.21 Å². The lowest BCUT2D eigenvalue weighted by Gasteiger charge is -2.15. The van der Waals surface area contributed by atoms with Crippen molar-refractivity contribution in [1.29, 1.82) is 0 Å². The average Bonchev–Trinajstić information content (AvgIpc) is 3.04. The fourth-order valence-corrected chi connectivity index (χ4v) is 3.91. The van der Waals surface area contributed by atoms with Gasteiger partial charge in [0.05, 0.1) is 5.56 Å². The van der Waals surface area contributed by atoms with E-state index in [1.807, 2.05) is 7.05 Å². The van der Waals surface area contributed by atoms with Gasteiger partial charge < -0.3 is 10.0 Å². The second kappa shape index (κ2) is 5.58. The van der Waals surface area contributed by atoms with E-state index in [0.29, 0.717) is 19.1 Å². The first kappa shape index (κ1) is 14.4. The molecule has 0 aliphatic heterocycles.